The Hall–Kier alpha value is -0.120. The molecule has 3 nitrogen and oxygen atoms in total. The molecule has 3 rings (SSSR count). The molecule has 2 aliphatic carbocycles. The second-order valence-corrected chi connectivity index (χ2v) is 7.18. The fourth-order valence-electron chi connectivity index (χ4n) is 4.76. The lowest BCUT2D eigenvalue weighted by Crippen LogP contribution is -2.53. The topological polar surface area (TPSA) is 47.3 Å². The fourth-order valence-corrected chi connectivity index (χ4v) is 4.76. The van der Waals surface area contributed by atoms with Crippen LogP contribution in [0.4, 0.5) is 0 Å². The first-order valence-corrected chi connectivity index (χ1v) is 8.36. The molecule has 4 atom stereocenters. The second-order valence-electron chi connectivity index (χ2n) is 7.18. The molecule has 2 saturated carbocycles. The van der Waals surface area contributed by atoms with Crippen LogP contribution in [0.3, 0.4) is 0 Å². The van der Waals surface area contributed by atoms with Gasteiger partial charge in [0.1, 0.15) is 0 Å². The summed E-state index contributed by atoms with van der Waals surface area (Å²) in [6.45, 7) is 3.28. The quantitative estimate of drug-likeness (QED) is 0.607. The van der Waals surface area contributed by atoms with E-state index in [1.807, 2.05) is 0 Å². The van der Waals surface area contributed by atoms with Gasteiger partial charge in [0.2, 0.25) is 0 Å². The molecule has 4 unspecified atom stereocenters. The number of rotatable bonds is 4. The molecule has 3 fully saturated rings. The van der Waals surface area contributed by atoms with Gasteiger partial charge in [-0.3, -0.25) is 11.3 Å². The van der Waals surface area contributed by atoms with E-state index >= 15 is 0 Å². The van der Waals surface area contributed by atoms with E-state index in [0.29, 0.717) is 6.04 Å². The number of nitrogens with one attached hydrogen (secondary N) is 1. The smallest absolute Gasteiger partial charge is 0.0685 e. The first-order valence-electron chi connectivity index (χ1n) is 8.36. The molecule has 3 aliphatic rings. The molecule has 1 heterocycles. The molecule has 0 aromatic carbocycles. The standard InChI is InChI=1S/C16H30N2O/c1-2-12-4-5-13(10-12)15(18-17)14-6-9-19-16(11-14)7-3-8-16/h12-15,18H,2-11,17H2,1H3. The predicted molar refractivity (Wildman–Crippen MR) is 77.5 cm³/mol. The monoisotopic (exact) mass is 266 g/mol. The van der Waals surface area contributed by atoms with E-state index in [4.69, 9.17) is 10.6 Å². The average Bonchev–Trinajstić information content (AvgIpc) is 2.87. The van der Waals surface area contributed by atoms with Crippen molar-refractivity contribution in [3.8, 4) is 0 Å². The number of hydrogen-bond donors (Lipinski definition) is 2. The predicted octanol–water partition coefficient (Wildman–Crippen LogP) is 2.99. The Morgan fingerprint density at radius 2 is 2.11 bits per heavy atom. The molecule has 0 aromatic heterocycles. The Bertz CT molecular complexity index is 303. The van der Waals surface area contributed by atoms with Gasteiger partial charge in [0.15, 0.2) is 0 Å². The summed E-state index contributed by atoms with van der Waals surface area (Å²) in [5.74, 6) is 8.41. The molecule has 0 bridgehead atoms. The van der Waals surface area contributed by atoms with Gasteiger partial charge in [0.25, 0.3) is 0 Å². The highest BCUT2D eigenvalue weighted by atomic mass is 16.5. The summed E-state index contributed by atoms with van der Waals surface area (Å²) in [4.78, 5) is 0. The Labute approximate surface area is 117 Å². The first-order chi connectivity index (χ1) is 9.26. The zero-order chi connectivity index (χ0) is 13.3. The molecule has 0 radical (unpaired) electrons. The maximum Gasteiger partial charge on any atom is 0.0685 e. The zero-order valence-electron chi connectivity index (χ0n) is 12.4. The highest BCUT2D eigenvalue weighted by Gasteiger charge is 2.46. The van der Waals surface area contributed by atoms with Crippen LogP contribution in [-0.4, -0.2) is 18.2 Å². The SMILES string of the molecule is CCC1CCC(C(NN)C2CCOC3(CCC3)C2)C1. The molecule has 0 amide bonds. The minimum atomic E-state index is 0.251. The molecule has 3 N–H and O–H groups in total. The lowest BCUT2D eigenvalue weighted by molar-refractivity contribution is -0.149. The van der Waals surface area contributed by atoms with Gasteiger partial charge in [0.05, 0.1) is 5.60 Å². The highest BCUT2D eigenvalue weighted by Crippen LogP contribution is 2.47. The van der Waals surface area contributed by atoms with Crippen LogP contribution < -0.4 is 11.3 Å². The van der Waals surface area contributed by atoms with Crippen LogP contribution in [0.25, 0.3) is 0 Å². The van der Waals surface area contributed by atoms with E-state index in [0.717, 1.165) is 24.4 Å². The lowest BCUT2D eigenvalue weighted by Gasteiger charge is -2.49. The van der Waals surface area contributed by atoms with Gasteiger partial charge in [-0.05, 0) is 62.7 Å². The zero-order valence-corrected chi connectivity index (χ0v) is 12.4. The van der Waals surface area contributed by atoms with E-state index < -0.39 is 0 Å². The molecule has 1 aliphatic heterocycles. The summed E-state index contributed by atoms with van der Waals surface area (Å²) in [5.41, 5.74) is 3.44. The summed E-state index contributed by atoms with van der Waals surface area (Å²) in [6.07, 6.45) is 11.9. The van der Waals surface area contributed by atoms with Gasteiger partial charge in [-0.2, -0.15) is 0 Å². The summed E-state index contributed by atoms with van der Waals surface area (Å²) >= 11 is 0. The molecule has 3 heteroatoms. The Kier molecular flexibility index (Phi) is 4.16. The van der Waals surface area contributed by atoms with Crippen LogP contribution in [-0.2, 0) is 4.74 Å². The van der Waals surface area contributed by atoms with Gasteiger partial charge >= 0.3 is 0 Å². The largest absolute Gasteiger partial charge is 0.375 e. The van der Waals surface area contributed by atoms with Crippen LogP contribution >= 0.6 is 0 Å². The number of nitrogens with two attached hydrogens (primary N) is 1. The van der Waals surface area contributed by atoms with Crippen LogP contribution in [0.15, 0.2) is 0 Å². The third kappa shape index (κ3) is 2.70. The van der Waals surface area contributed by atoms with Gasteiger partial charge < -0.3 is 4.74 Å². The summed E-state index contributed by atoms with van der Waals surface area (Å²) < 4.78 is 6.06. The molecule has 19 heavy (non-hydrogen) atoms. The number of ether oxygens (including phenoxy) is 1. The van der Waals surface area contributed by atoms with E-state index in [2.05, 4.69) is 12.3 Å². The average molecular weight is 266 g/mol. The van der Waals surface area contributed by atoms with E-state index in [1.165, 1.54) is 57.8 Å². The fraction of sp³-hybridized carbons (Fsp3) is 1.00. The molecule has 1 spiro atoms. The van der Waals surface area contributed by atoms with E-state index in [1.54, 1.807) is 0 Å². The van der Waals surface area contributed by atoms with Crippen molar-refractivity contribution in [2.24, 2.45) is 23.6 Å². The van der Waals surface area contributed by atoms with Gasteiger partial charge in [-0.1, -0.05) is 19.8 Å². The van der Waals surface area contributed by atoms with E-state index in [9.17, 15) is 0 Å². The maximum atomic E-state index is 6.06. The second kappa shape index (κ2) is 5.71. The molecule has 0 aromatic rings. The third-order valence-electron chi connectivity index (χ3n) is 6.16. The highest BCUT2D eigenvalue weighted by molar-refractivity contribution is 4.98. The molecular formula is C16H30N2O. The van der Waals surface area contributed by atoms with Crippen molar-refractivity contribution in [1.82, 2.24) is 5.43 Å². The molecule has 1 saturated heterocycles. The summed E-state index contributed by atoms with van der Waals surface area (Å²) in [6, 6.07) is 0.526. The normalized spacial score (nSPS) is 39.2. The van der Waals surface area contributed by atoms with Crippen molar-refractivity contribution in [3.63, 3.8) is 0 Å². The van der Waals surface area contributed by atoms with Crippen molar-refractivity contribution in [2.75, 3.05) is 6.61 Å². The van der Waals surface area contributed by atoms with Crippen molar-refractivity contribution < 1.29 is 4.74 Å². The van der Waals surface area contributed by atoms with Gasteiger partial charge in [-0.25, -0.2) is 0 Å². The van der Waals surface area contributed by atoms with Gasteiger partial charge in [-0.15, -0.1) is 0 Å². The minimum absolute atomic E-state index is 0.251. The summed E-state index contributed by atoms with van der Waals surface area (Å²) in [5, 5.41) is 0. The minimum Gasteiger partial charge on any atom is -0.375 e. The van der Waals surface area contributed by atoms with Crippen molar-refractivity contribution in [2.45, 2.75) is 76.4 Å². The maximum absolute atomic E-state index is 6.06. The Balaban J connectivity index is 1.61. The van der Waals surface area contributed by atoms with Crippen molar-refractivity contribution in [3.05, 3.63) is 0 Å². The molecule has 110 valence electrons. The van der Waals surface area contributed by atoms with E-state index in [-0.39, 0.29) is 5.60 Å². The lowest BCUT2D eigenvalue weighted by atomic mass is 9.69. The number of hydrazine groups is 1. The van der Waals surface area contributed by atoms with Crippen LogP contribution in [0.2, 0.25) is 0 Å². The Morgan fingerprint density at radius 3 is 2.68 bits per heavy atom. The summed E-state index contributed by atoms with van der Waals surface area (Å²) in [7, 11) is 0. The third-order valence-corrected chi connectivity index (χ3v) is 6.16. The van der Waals surface area contributed by atoms with Crippen LogP contribution in [0, 0.1) is 17.8 Å². The van der Waals surface area contributed by atoms with Crippen LogP contribution in [0.1, 0.15) is 64.7 Å². The Morgan fingerprint density at radius 1 is 1.26 bits per heavy atom. The first kappa shape index (κ1) is 13.8. The van der Waals surface area contributed by atoms with Crippen LogP contribution in [0.5, 0.6) is 0 Å². The van der Waals surface area contributed by atoms with Crippen molar-refractivity contribution >= 4 is 0 Å². The van der Waals surface area contributed by atoms with Gasteiger partial charge in [0, 0.05) is 12.6 Å². The number of hydrogen-bond acceptors (Lipinski definition) is 3. The van der Waals surface area contributed by atoms with Crippen molar-refractivity contribution in [1.29, 1.82) is 0 Å². The molecular weight excluding hydrogens is 236 g/mol.